The number of amides is 1. The van der Waals surface area contributed by atoms with Gasteiger partial charge in [-0.3, -0.25) is 4.79 Å². The van der Waals surface area contributed by atoms with Crippen LogP contribution in [0.1, 0.15) is 12.5 Å². The Morgan fingerprint density at radius 1 is 1.47 bits per heavy atom. The van der Waals surface area contributed by atoms with Crippen LogP contribution >= 0.6 is 28.3 Å². The number of carbonyl (C=O) groups is 1. The summed E-state index contributed by atoms with van der Waals surface area (Å²) < 4.78 is 6.04. The van der Waals surface area contributed by atoms with E-state index in [0.29, 0.717) is 13.1 Å². The number of methoxy groups -OCH3 is 1. The molecule has 1 aromatic carbocycles. The minimum atomic E-state index is -0.0308. The van der Waals surface area contributed by atoms with Crippen molar-refractivity contribution >= 4 is 34.2 Å². The minimum absolute atomic E-state index is 0. The van der Waals surface area contributed by atoms with Crippen LogP contribution in [0.5, 0.6) is 5.75 Å². The van der Waals surface area contributed by atoms with Crippen molar-refractivity contribution in [2.24, 2.45) is 5.92 Å². The molecule has 0 fully saturated rings. The SMILES string of the molecule is CNCC(C)C(=O)NCc1ccc(OC)c(Br)c1.Cl. The molecule has 0 radical (unpaired) electrons. The molecule has 1 rings (SSSR count). The highest BCUT2D eigenvalue weighted by atomic mass is 79.9. The average molecular weight is 352 g/mol. The summed E-state index contributed by atoms with van der Waals surface area (Å²) >= 11 is 3.42. The molecule has 19 heavy (non-hydrogen) atoms. The summed E-state index contributed by atoms with van der Waals surface area (Å²) in [6.07, 6.45) is 0. The predicted octanol–water partition coefficient (Wildman–Crippen LogP) is 2.35. The molecule has 0 aliphatic heterocycles. The van der Waals surface area contributed by atoms with Gasteiger partial charge in [-0.15, -0.1) is 12.4 Å². The van der Waals surface area contributed by atoms with Gasteiger partial charge in [0.25, 0.3) is 0 Å². The van der Waals surface area contributed by atoms with Crippen LogP contribution < -0.4 is 15.4 Å². The molecule has 0 spiro atoms. The molecule has 4 nitrogen and oxygen atoms in total. The van der Waals surface area contributed by atoms with E-state index in [1.807, 2.05) is 32.2 Å². The van der Waals surface area contributed by atoms with Crippen LogP contribution in [0.15, 0.2) is 22.7 Å². The summed E-state index contributed by atoms with van der Waals surface area (Å²) in [7, 11) is 3.46. The zero-order valence-electron chi connectivity index (χ0n) is 11.3. The maximum atomic E-state index is 11.7. The minimum Gasteiger partial charge on any atom is -0.496 e. The molecular formula is C13H20BrClN2O2. The first-order valence-corrected chi connectivity index (χ1v) is 6.62. The van der Waals surface area contributed by atoms with Crippen molar-refractivity contribution in [2.45, 2.75) is 13.5 Å². The van der Waals surface area contributed by atoms with Crippen LogP contribution in [0.4, 0.5) is 0 Å². The molecule has 1 amide bonds. The van der Waals surface area contributed by atoms with Gasteiger partial charge in [0.05, 0.1) is 11.6 Å². The van der Waals surface area contributed by atoms with Crippen LogP contribution in [0.3, 0.4) is 0 Å². The van der Waals surface area contributed by atoms with Gasteiger partial charge >= 0.3 is 0 Å². The molecule has 6 heteroatoms. The maximum absolute atomic E-state index is 11.7. The third-order valence-corrected chi connectivity index (χ3v) is 3.26. The Kier molecular flexibility index (Phi) is 8.80. The van der Waals surface area contributed by atoms with Crippen molar-refractivity contribution in [3.05, 3.63) is 28.2 Å². The lowest BCUT2D eigenvalue weighted by Gasteiger charge is -2.12. The molecule has 1 atom stereocenters. The van der Waals surface area contributed by atoms with E-state index in [9.17, 15) is 4.79 Å². The fourth-order valence-corrected chi connectivity index (χ4v) is 2.17. The van der Waals surface area contributed by atoms with E-state index >= 15 is 0 Å². The third-order valence-electron chi connectivity index (χ3n) is 2.64. The summed E-state index contributed by atoms with van der Waals surface area (Å²) in [5.41, 5.74) is 1.03. The number of carbonyl (C=O) groups excluding carboxylic acids is 1. The number of ether oxygens (including phenoxy) is 1. The maximum Gasteiger partial charge on any atom is 0.224 e. The molecule has 2 N–H and O–H groups in total. The third kappa shape index (κ3) is 5.80. The standard InChI is InChI=1S/C13H19BrN2O2.ClH/c1-9(7-15-2)13(17)16-8-10-4-5-12(18-3)11(14)6-10;/h4-6,9,15H,7-8H2,1-3H3,(H,16,17);1H. The van der Waals surface area contributed by atoms with Crippen molar-refractivity contribution in [3.63, 3.8) is 0 Å². The van der Waals surface area contributed by atoms with E-state index in [0.717, 1.165) is 15.8 Å². The molecule has 1 aromatic rings. The number of nitrogens with one attached hydrogen (secondary N) is 2. The molecular weight excluding hydrogens is 332 g/mol. The van der Waals surface area contributed by atoms with Crippen molar-refractivity contribution in [1.29, 1.82) is 0 Å². The number of hydrogen-bond donors (Lipinski definition) is 2. The number of rotatable bonds is 6. The van der Waals surface area contributed by atoms with Gasteiger partial charge in [0.2, 0.25) is 5.91 Å². The lowest BCUT2D eigenvalue weighted by Crippen LogP contribution is -2.33. The number of halogens is 2. The van der Waals surface area contributed by atoms with Gasteiger partial charge in [0.15, 0.2) is 0 Å². The van der Waals surface area contributed by atoms with E-state index < -0.39 is 0 Å². The van der Waals surface area contributed by atoms with E-state index in [4.69, 9.17) is 4.74 Å². The summed E-state index contributed by atoms with van der Waals surface area (Å²) in [5.74, 6) is 0.807. The predicted molar refractivity (Wildman–Crippen MR) is 82.9 cm³/mol. The van der Waals surface area contributed by atoms with Crippen LogP contribution in [0, 0.1) is 5.92 Å². The van der Waals surface area contributed by atoms with Crippen molar-refractivity contribution in [2.75, 3.05) is 20.7 Å². The van der Waals surface area contributed by atoms with Gasteiger partial charge in [-0.05, 0) is 40.7 Å². The highest BCUT2D eigenvalue weighted by Crippen LogP contribution is 2.25. The topological polar surface area (TPSA) is 50.4 Å². The van der Waals surface area contributed by atoms with Crippen LogP contribution in [-0.4, -0.2) is 26.6 Å². The highest BCUT2D eigenvalue weighted by Gasteiger charge is 2.11. The second-order valence-corrected chi connectivity index (χ2v) is 5.00. The molecule has 0 heterocycles. The lowest BCUT2D eigenvalue weighted by molar-refractivity contribution is -0.124. The summed E-state index contributed by atoms with van der Waals surface area (Å²) in [4.78, 5) is 11.7. The zero-order valence-corrected chi connectivity index (χ0v) is 13.7. The Morgan fingerprint density at radius 2 is 2.16 bits per heavy atom. The van der Waals surface area contributed by atoms with Gasteiger partial charge in [-0.25, -0.2) is 0 Å². The Balaban J connectivity index is 0.00000324. The molecule has 0 aromatic heterocycles. The van der Waals surface area contributed by atoms with E-state index in [1.165, 1.54) is 0 Å². The lowest BCUT2D eigenvalue weighted by atomic mass is 10.1. The van der Waals surface area contributed by atoms with Crippen molar-refractivity contribution in [3.8, 4) is 5.75 Å². The second kappa shape index (κ2) is 9.18. The quantitative estimate of drug-likeness (QED) is 0.827. The van der Waals surface area contributed by atoms with Gasteiger partial charge in [0, 0.05) is 19.0 Å². The average Bonchev–Trinajstić information content (AvgIpc) is 2.36. The Hall–Kier alpha value is -0.780. The largest absolute Gasteiger partial charge is 0.496 e. The first-order valence-electron chi connectivity index (χ1n) is 5.83. The Morgan fingerprint density at radius 3 is 2.68 bits per heavy atom. The normalized spacial score (nSPS) is 11.4. The van der Waals surface area contributed by atoms with Gasteiger partial charge in [-0.2, -0.15) is 0 Å². The fraction of sp³-hybridized carbons (Fsp3) is 0.462. The molecule has 0 aliphatic rings. The Labute approximate surface area is 128 Å². The molecule has 1 unspecified atom stereocenters. The van der Waals surface area contributed by atoms with E-state index in [1.54, 1.807) is 7.11 Å². The number of benzene rings is 1. The smallest absolute Gasteiger partial charge is 0.224 e. The van der Waals surface area contributed by atoms with Gasteiger partial charge in [0.1, 0.15) is 5.75 Å². The Bertz CT molecular complexity index is 416. The van der Waals surface area contributed by atoms with Crippen LogP contribution in [-0.2, 0) is 11.3 Å². The van der Waals surface area contributed by atoms with E-state index in [-0.39, 0.29) is 24.2 Å². The molecule has 0 saturated carbocycles. The monoisotopic (exact) mass is 350 g/mol. The van der Waals surface area contributed by atoms with Gasteiger partial charge in [-0.1, -0.05) is 13.0 Å². The zero-order chi connectivity index (χ0) is 13.5. The second-order valence-electron chi connectivity index (χ2n) is 4.15. The highest BCUT2D eigenvalue weighted by molar-refractivity contribution is 9.10. The van der Waals surface area contributed by atoms with Crippen LogP contribution in [0.2, 0.25) is 0 Å². The first-order chi connectivity index (χ1) is 8.58. The first kappa shape index (κ1) is 18.2. The number of hydrogen-bond acceptors (Lipinski definition) is 3. The van der Waals surface area contributed by atoms with Crippen LogP contribution in [0.25, 0.3) is 0 Å². The van der Waals surface area contributed by atoms with Crippen molar-refractivity contribution in [1.82, 2.24) is 10.6 Å². The summed E-state index contributed by atoms with van der Waals surface area (Å²) in [6.45, 7) is 3.10. The van der Waals surface area contributed by atoms with Gasteiger partial charge < -0.3 is 15.4 Å². The van der Waals surface area contributed by atoms with E-state index in [2.05, 4.69) is 26.6 Å². The molecule has 0 bridgehead atoms. The molecule has 0 aliphatic carbocycles. The molecule has 108 valence electrons. The fourth-order valence-electron chi connectivity index (χ4n) is 1.58. The summed E-state index contributed by atoms with van der Waals surface area (Å²) in [5, 5.41) is 5.89. The summed E-state index contributed by atoms with van der Waals surface area (Å²) in [6, 6.07) is 5.76. The van der Waals surface area contributed by atoms with Crippen molar-refractivity contribution < 1.29 is 9.53 Å². The molecule has 0 saturated heterocycles.